The number of likely N-dealkylation sites (tertiary alicyclic amines) is 1. The normalized spacial score (nSPS) is 17.8. The molecule has 3 aliphatic heterocycles. The van der Waals surface area contributed by atoms with Gasteiger partial charge in [-0.2, -0.15) is 0 Å². The van der Waals surface area contributed by atoms with Crippen molar-refractivity contribution in [2.75, 3.05) is 46.9 Å². The predicted octanol–water partition coefficient (Wildman–Crippen LogP) is 7.39. The Bertz CT molecular complexity index is 1980. The summed E-state index contributed by atoms with van der Waals surface area (Å²) in [6.07, 6.45) is 4.46. The first-order valence-electron chi connectivity index (χ1n) is 18.5. The van der Waals surface area contributed by atoms with Crippen LogP contribution in [0.25, 0.3) is 33.5 Å². The Hall–Kier alpha value is -4.15. The second kappa shape index (κ2) is 16.5. The standard InChI is InChI=1S/C42H47Cl2N5O4/c1-26(50)49-18-14-27(15-19-49)24-48-17-16-28-20-30(21-38(52-2)36(28)25-48)32-6-4-7-33(40(32)43)34-8-5-9-35(41(34)44)37-12-10-29(42(47-37)53-3)22-45-23-31-11-13-39(51)46-31/h4-10,12,20-21,27,31,45H,11,13-19,22-25H2,1-3H3,(H,46,51). The molecule has 0 spiro atoms. The van der Waals surface area contributed by atoms with Crippen LogP contribution in [0.15, 0.2) is 60.7 Å². The van der Waals surface area contributed by atoms with E-state index in [2.05, 4.69) is 27.7 Å². The number of hydrogen-bond donors (Lipinski definition) is 2. The molecule has 4 aromatic rings. The zero-order chi connectivity index (χ0) is 37.1. The van der Waals surface area contributed by atoms with Gasteiger partial charge in [-0.15, -0.1) is 0 Å². The van der Waals surface area contributed by atoms with Gasteiger partial charge in [-0.3, -0.25) is 14.5 Å². The Morgan fingerprint density at radius 2 is 1.62 bits per heavy atom. The minimum Gasteiger partial charge on any atom is -0.496 e. The van der Waals surface area contributed by atoms with Gasteiger partial charge in [-0.25, -0.2) is 4.98 Å². The highest BCUT2D eigenvalue weighted by molar-refractivity contribution is 6.39. The summed E-state index contributed by atoms with van der Waals surface area (Å²) in [5, 5.41) is 7.57. The molecule has 2 N–H and O–H groups in total. The number of amides is 2. The van der Waals surface area contributed by atoms with Crippen LogP contribution in [0.1, 0.15) is 49.3 Å². The van der Waals surface area contributed by atoms with E-state index in [0.717, 1.165) is 97.5 Å². The number of nitrogens with zero attached hydrogens (tertiary/aromatic N) is 3. The molecule has 7 rings (SSSR count). The Labute approximate surface area is 322 Å². The molecule has 3 aliphatic rings. The molecule has 1 atom stereocenters. The molecule has 0 saturated carbocycles. The Kier molecular flexibility index (Phi) is 11.6. The highest BCUT2D eigenvalue weighted by Crippen LogP contribution is 2.44. The van der Waals surface area contributed by atoms with Crippen molar-refractivity contribution in [2.24, 2.45) is 5.92 Å². The number of benzene rings is 3. The van der Waals surface area contributed by atoms with Crippen molar-refractivity contribution in [3.63, 3.8) is 0 Å². The number of rotatable bonds is 11. The molecule has 11 heteroatoms. The molecular weight excluding hydrogens is 709 g/mol. The van der Waals surface area contributed by atoms with Crippen LogP contribution in [0.2, 0.25) is 10.0 Å². The van der Waals surface area contributed by atoms with Crippen LogP contribution in [0.3, 0.4) is 0 Å². The summed E-state index contributed by atoms with van der Waals surface area (Å²) in [6, 6.07) is 20.5. The third-order valence-electron chi connectivity index (χ3n) is 11.0. The minimum absolute atomic E-state index is 0.106. The predicted molar refractivity (Wildman–Crippen MR) is 210 cm³/mol. The largest absolute Gasteiger partial charge is 0.496 e. The zero-order valence-corrected chi connectivity index (χ0v) is 32.2. The van der Waals surface area contributed by atoms with Crippen molar-refractivity contribution in [1.82, 2.24) is 25.4 Å². The number of nitrogens with one attached hydrogen (secondary N) is 2. The molecule has 1 unspecified atom stereocenters. The third-order valence-corrected chi connectivity index (χ3v) is 11.8. The van der Waals surface area contributed by atoms with Crippen LogP contribution < -0.4 is 20.1 Å². The fourth-order valence-electron chi connectivity index (χ4n) is 8.02. The quantitative estimate of drug-likeness (QED) is 0.165. The monoisotopic (exact) mass is 755 g/mol. The van der Waals surface area contributed by atoms with Crippen LogP contribution in [-0.4, -0.2) is 79.6 Å². The van der Waals surface area contributed by atoms with Gasteiger partial charge in [0, 0.05) is 98.6 Å². The number of aromatic nitrogens is 1. The summed E-state index contributed by atoms with van der Waals surface area (Å²) in [6.45, 7) is 7.49. The summed E-state index contributed by atoms with van der Waals surface area (Å²) < 4.78 is 11.7. The smallest absolute Gasteiger partial charge is 0.220 e. The topological polar surface area (TPSA) is 96.0 Å². The van der Waals surface area contributed by atoms with E-state index in [1.165, 1.54) is 11.1 Å². The van der Waals surface area contributed by atoms with Gasteiger partial charge in [0.25, 0.3) is 0 Å². The second-order valence-corrected chi connectivity index (χ2v) is 15.1. The Morgan fingerprint density at radius 3 is 2.30 bits per heavy atom. The van der Waals surface area contributed by atoms with Crippen LogP contribution in [0.5, 0.6) is 11.6 Å². The minimum atomic E-state index is 0.106. The molecule has 3 aromatic carbocycles. The van der Waals surface area contributed by atoms with Crippen molar-refractivity contribution in [2.45, 2.75) is 58.2 Å². The molecule has 2 fully saturated rings. The lowest BCUT2D eigenvalue weighted by atomic mass is 9.90. The molecule has 1 aromatic heterocycles. The molecule has 0 radical (unpaired) electrons. The number of pyridine rings is 1. The maximum absolute atomic E-state index is 11.8. The van der Waals surface area contributed by atoms with Crippen LogP contribution in [-0.2, 0) is 29.1 Å². The van der Waals surface area contributed by atoms with Gasteiger partial charge >= 0.3 is 0 Å². The van der Waals surface area contributed by atoms with Crippen LogP contribution in [0, 0.1) is 5.92 Å². The highest BCUT2D eigenvalue weighted by atomic mass is 35.5. The van der Waals surface area contributed by atoms with Gasteiger partial charge in [0.2, 0.25) is 17.7 Å². The van der Waals surface area contributed by atoms with Gasteiger partial charge in [-0.05, 0) is 54.9 Å². The summed E-state index contributed by atoms with van der Waals surface area (Å²) in [5.74, 6) is 2.28. The third kappa shape index (κ3) is 8.19. The maximum Gasteiger partial charge on any atom is 0.220 e. The van der Waals surface area contributed by atoms with E-state index >= 15 is 0 Å². The number of ether oxygens (including phenoxy) is 2. The number of carbonyl (C=O) groups is 2. The van der Waals surface area contributed by atoms with Gasteiger partial charge in [0.05, 0.1) is 30.0 Å². The van der Waals surface area contributed by atoms with E-state index in [4.69, 9.17) is 37.7 Å². The van der Waals surface area contributed by atoms with Gasteiger partial charge in [-0.1, -0.05) is 71.7 Å². The number of hydrogen-bond acceptors (Lipinski definition) is 7. The van der Waals surface area contributed by atoms with Gasteiger partial charge in [0.1, 0.15) is 5.75 Å². The summed E-state index contributed by atoms with van der Waals surface area (Å²) in [4.78, 5) is 32.7. The average molecular weight is 757 g/mol. The van der Waals surface area contributed by atoms with E-state index in [9.17, 15) is 9.59 Å². The van der Waals surface area contributed by atoms with Crippen molar-refractivity contribution in [3.05, 3.63) is 87.4 Å². The summed E-state index contributed by atoms with van der Waals surface area (Å²) in [5.41, 5.74) is 8.49. The average Bonchev–Trinajstić information content (AvgIpc) is 3.59. The first-order valence-corrected chi connectivity index (χ1v) is 19.3. The Morgan fingerprint density at radius 1 is 0.906 bits per heavy atom. The van der Waals surface area contributed by atoms with Crippen molar-refractivity contribution < 1.29 is 19.1 Å². The number of halogens is 2. The van der Waals surface area contributed by atoms with Crippen molar-refractivity contribution in [3.8, 4) is 45.1 Å². The van der Waals surface area contributed by atoms with Crippen LogP contribution in [0.4, 0.5) is 0 Å². The second-order valence-electron chi connectivity index (χ2n) is 14.4. The molecule has 2 amide bonds. The summed E-state index contributed by atoms with van der Waals surface area (Å²) in [7, 11) is 3.35. The van der Waals surface area contributed by atoms with Gasteiger partial charge in [0.15, 0.2) is 0 Å². The van der Waals surface area contributed by atoms with E-state index in [0.29, 0.717) is 47.0 Å². The Balaban J connectivity index is 1.09. The molecule has 0 bridgehead atoms. The number of methoxy groups -OCH3 is 2. The fraction of sp³-hybridized carbons (Fsp3) is 0.405. The van der Waals surface area contributed by atoms with E-state index in [1.54, 1.807) is 21.1 Å². The van der Waals surface area contributed by atoms with E-state index < -0.39 is 0 Å². The van der Waals surface area contributed by atoms with Crippen molar-refractivity contribution >= 4 is 35.0 Å². The molecule has 53 heavy (non-hydrogen) atoms. The molecular formula is C42H47Cl2N5O4. The van der Waals surface area contributed by atoms with Crippen LogP contribution >= 0.6 is 23.2 Å². The zero-order valence-electron chi connectivity index (χ0n) is 30.6. The molecule has 4 heterocycles. The van der Waals surface area contributed by atoms with E-state index in [1.807, 2.05) is 53.4 Å². The lowest BCUT2D eigenvalue weighted by molar-refractivity contribution is -0.130. The first kappa shape index (κ1) is 37.2. The molecule has 278 valence electrons. The van der Waals surface area contributed by atoms with Crippen molar-refractivity contribution in [1.29, 1.82) is 0 Å². The SMILES string of the molecule is COc1cc(-c2cccc(-c3cccc(-c4ccc(CNCC5CCC(=O)N5)c(OC)n4)c3Cl)c2Cl)cc2c1CN(CC1CCN(C(C)=O)CC1)CC2. The lowest BCUT2D eigenvalue weighted by Crippen LogP contribution is -2.41. The lowest BCUT2D eigenvalue weighted by Gasteiger charge is -2.36. The number of carbonyl (C=O) groups excluding carboxylic acids is 2. The first-order chi connectivity index (χ1) is 25.7. The molecule has 2 saturated heterocycles. The number of piperidine rings is 1. The number of fused-ring (bicyclic) bond motifs is 1. The van der Waals surface area contributed by atoms with E-state index in [-0.39, 0.29) is 17.9 Å². The molecule has 0 aliphatic carbocycles. The maximum atomic E-state index is 11.8. The summed E-state index contributed by atoms with van der Waals surface area (Å²) >= 11 is 14.4. The molecule has 9 nitrogen and oxygen atoms in total. The van der Waals surface area contributed by atoms with Gasteiger partial charge < -0.3 is 25.0 Å². The highest BCUT2D eigenvalue weighted by Gasteiger charge is 2.27. The fourth-order valence-corrected chi connectivity index (χ4v) is 8.68.